The highest BCUT2D eigenvalue weighted by atomic mass is 16.2. The molecule has 2 aromatic rings. The van der Waals surface area contributed by atoms with Gasteiger partial charge in [0.05, 0.1) is 11.9 Å². The molecule has 1 fully saturated rings. The van der Waals surface area contributed by atoms with Gasteiger partial charge in [-0.3, -0.25) is 4.79 Å². The van der Waals surface area contributed by atoms with Crippen molar-refractivity contribution in [3.8, 4) is 5.69 Å². The van der Waals surface area contributed by atoms with Gasteiger partial charge in [0, 0.05) is 25.7 Å². The molecule has 1 aliphatic rings. The van der Waals surface area contributed by atoms with Crippen LogP contribution in [0.2, 0.25) is 0 Å². The van der Waals surface area contributed by atoms with E-state index in [1.54, 1.807) is 0 Å². The van der Waals surface area contributed by atoms with Crippen LogP contribution in [0.1, 0.15) is 17.4 Å². The average molecular weight is 271 g/mol. The smallest absolute Gasteiger partial charge is 0.276 e. The molecule has 1 atom stereocenters. The summed E-state index contributed by atoms with van der Waals surface area (Å²) in [6, 6.07) is 9.75. The highest BCUT2D eigenvalue weighted by molar-refractivity contribution is 5.92. The maximum absolute atomic E-state index is 12.4. The van der Waals surface area contributed by atoms with Gasteiger partial charge in [0.15, 0.2) is 5.69 Å². The number of piperazine rings is 1. The highest BCUT2D eigenvalue weighted by Gasteiger charge is 2.26. The van der Waals surface area contributed by atoms with Crippen LogP contribution in [0.3, 0.4) is 0 Å². The molecule has 1 amide bonds. The number of aromatic nitrogens is 3. The summed E-state index contributed by atoms with van der Waals surface area (Å²) in [7, 11) is 0. The Labute approximate surface area is 117 Å². The van der Waals surface area contributed by atoms with E-state index in [1.165, 1.54) is 11.0 Å². The Bertz CT molecular complexity index is 595. The maximum atomic E-state index is 12.4. The van der Waals surface area contributed by atoms with Gasteiger partial charge in [0.25, 0.3) is 5.91 Å². The Kier molecular flexibility index (Phi) is 3.47. The quantitative estimate of drug-likeness (QED) is 0.873. The van der Waals surface area contributed by atoms with Crippen LogP contribution in [0.4, 0.5) is 0 Å². The predicted octanol–water partition coefficient (Wildman–Crippen LogP) is 0.701. The molecule has 0 spiro atoms. The number of carbonyl (C=O) groups is 1. The minimum Gasteiger partial charge on any atom is -0.332 e. The second-order valence-electron chi connectivity index (χ2n) is 4.91. The lowest BCUT2D eigenvalue weighted by Crippen LogP contribution is -2.52. The molecule has 20 heavy (non-hydrogen) atoms. The van der Waals surface area contributed by atoms with Crippen LogP contribution in [0.15, 0.2) is 36.5 Å². The Morgan fingerprint density at radius 3 is 2.90 bits per heavy atom. The minimum atomic E-state index is -0.0545. The van der Waals surface area contributed by atoms with Crippen molar-refractivity contribution in [2.45, 2.75) is 13.0 Å². The molecule has 2 heterocycles. The lowest BCUT2D eigenvalue weighted by molar-refractivity contribution is 0.0649. The van der Waals surface area contributed by atoms with E-state index in [1.807, 2.05) is 42.2 Å². The minimum absolute atomic E-state index is 0.0545. The van der Waals surface area contributed by atoms with Crippen LogP contribution in [-0.2, 0) is 0 Å². The average Bonchev–Trinajstić information content (AvgIpc) is 2.98. The molecule has 3 rings (SSSR count). The van der Waals surface area contributed by atoms with Crippen LogP contribution in [0.25, 0.3) is 5.69 Å². The third kappa shape index (κ3) is 2.42. The van der Waals surface area contributed by atoms with E-state index in [9.17, 15) is 4.79 Å². The zero-order valence-corrected chi connectivity index (χ0v) is 11.4. The third-order valence-corrected chi connectivity index (χ3v) is 3.46. The summed E-state index contributed by atoms with van der Waals surface area (Å²) in [5.41, 5.74) is 1.24. The monoisotopic (exact) mass is 271 g/mol. The van der Waals surface area contributed by atoms with Crippen molar-refractivity contribution < 1.29 is 4.79 Å². The molecule has 1 aliphatic heterocycles. The third-order valence-electron chi connectivity index (χ3n) is 3.46. The van der Waals surface area contributed by atoms with Crippen molar-refractivity contribution in [1.29, 1.82) is 0 Å². The van der Waals surface area contributed by atoms with Crippen molar-refractivity contribution in [2.75, 3.05) is 19.6 Å². The first-order chi connectivity index (χ1) is 9.75. The fraction of sp³-hybridized carbons (Fsp3) is 0.357. The Morgan fingerprint density at radius 2 is 2.15 bits per heavy atom. The topological polar surface area (TPSA) is 63.1 Å². The zero-order chi connectivity index (χ0) is 13.9. The van der Waals surface area contributed by atoms with Gasteiger partial charge in [0.1, 0.15) is 0 Å². The van der Waals surface area contributed by atoms with Crippen LogP contribution >= 0.6 is 0 Å². The molecule has 0 saturated carbocycles. The lowest BCUT2D eigenvalue weighted by atomic mass is 10.2. The molecule has 104 valence electrons. The van der Waals surface area contributed by atoms with E-state index in [2.05, 4.69) is 15.5 Å². The molecule has 1 N–H and O–H groups in total. The van der Waals surface area contributed by atoms with E-state index in [4.69, 9.17) is 0 Å². The molecule has 0 bridgehead atoms. The number of nitrogens with zero attached hydrogens (tertiary/aromatic N) is 4. The van der Waals surface area contributed by atoms with Crippen LogP contribution < -0.4 is 5.32 Å². The molecule has 0 radical (unpaired) electrons. The van der Waals surface area contributed by atoms with E-state index in [0.29, 0.717) is 12.2 Å². The SMILES string of the molecule is CC1CNCCN1C(=O)c1cnn(-c2ccccc2)n1. The molecular weight excluding hydrogens is 254 g/mol. The predicted molar refractivity (Wildman–Crippen MR) is 74.7 cm³/mol. The number of rotatable bonds is 2. The number of carbonyl (C=O) groups excluding carboxylic acids is 1. The van der Waals surface area contributed by atoms with E-state index >= 15 is 0 Å². The van der Waals surface area contributed by atoms with E-state index < -0.39 is 0 Å². The van der Waals surface area contributed by atoms with Crippen molar-refractivity contribution in [1.82, 2.24) is 25.2 Å². The lowest BCUT2D eigenvalue weighted by Gasteiger charge is -2.33. The molecule has 1 aromatic heterocycles. The van der Waals surface area contributed by atoms with Crippen LogP contribution in [0, 0.1) is 0 Å². The number of hydrogen-bond donors (Lipinski definition) is 1. The summed E-state index contributed by atoms with van der Waals surface area (Å²) in [5.74, 6) is -0.0545. The fourth-order valence-corrected chi connectivity index (χ4v) is 2.34. The Hall–Kier alpha value is -2.21. The Morgan fingerprint density at radius 1 is 1.35 bits per heavy atom. The van der Waals surface area contributed by atoms with Gasteiger partial charge in [0.2, 0.25) is 0 Å². The van der Waals surface area contributed by atoms with Crippen molar-refractivity contribution >= 4 is 5.91 Å². The van der Waals surface area contributed by atoms with Gasteiger partial charge in [-0.1, -0.05) is 18.2 Å². The fourth-order valence-electron chi connectivity index (χ4n) is 2.34. The van der Waals surface area contributed by atoms with E-state index in [0.717, 1.165) is 18.8 Å². The normalized spacial score (nSPS) is 19.1. The second-order valence-corrected chi connectivity index (χ2v) is 4.91. The first kappa shape index (κ1) is 12.8. The number of amides is 1. The molecule has 0 aliphatic carbocycles. The Balaban J connectivity index is 1.81. The molecule has 1 saturated heterocycles. The number of nitrogens with one attached hydrogen (secondary N) is 1. The molecule has 1 unspecified atom stereocenters. The van der Waals surface area contributed by atoms with Gasteiger partial charge < -0.3 is 10.2 Å². The first-order valence-electron chi connectivity index (χ1n) is 6.75. The largest absolute Gasteiger partial charge is 0.332 e. The van der Waals surface area contributed by atoms with Gasteiger partial charge >= 0.3 is 0 Å². The van der Waals surface area contributed by atoms with Crippen molar-refractivity contribution in [3.05, 3.63) is 42.2 Å². The summed E-state index contributed by atoms with van der Waals surface area (Å²) >= 11 is 0. The molecular formula is C14H17N5O. The van der Waals surface area contributed by atoms with Gasteiger partial charge in [-0.2, -0.15) is 9.90 Å². The van der Waals surface area contributed by atoms with Crippen LogP contribution in [0.5, 0.6) is 0 Å². The summed E-state index contributed by atoms with van der Waals surface area (Å²) < 4.78 is 0. The van der Waals surface area contributed by atoms with Gasteiger partial charge in [-0.25, -0.2) is 0 Å². The standard InChI is InChI=1S/C14H17N5O/c1-11-9-15-7-8-18(11)14(20)13-10-16-19(17-13)12-5-3-2-4-6-12/h2-6,10-11,15H,7-9H2,1H3. The summed E-state index contributed by atoms with van der Waals surface area (Å²) in [6.45, 7) is 4.38. The number of para-hydroxylation sites is 1. The maximum Gasteiger partial charge on any atom is 0.276 e. The highest BCUT2D eigenvalue weighted by Crippen LogP contribution is 2.10. The molecule has 6 nitrogen and oxygen atoms in total. The van der Waals surface area contributed by atoms with Gasteiger partial charge in [-0.05, 0) is 19.1 Å². The summed E-state index contributed by atoms with van der Waals surface area (Å²) in [6.07, 6.45) is 1.53. The van der Waals surface area contributed by atoms with Gasteiger partial charge in [-0.15, -0.1) is 5.10 Å². The van der Waals surface area contributed by atoms with E-state index in [-0.39, 0.29) is 11.9 Å². The second kappa shape index (κ2) is 5.42. The number of hydrogen-bond acceptors (Lipinski definition) is 4. The molecule has 6 heteroatoms. The first-order valence-corrected chi connectivity index (χ1v) is 6.75. The molecule has 1 aromatic carbocycles. The summed E-state index contributed by atoms with van der Waals surface area (Å²) in [4.78, 5) is 15.8. The van der Waals surface area contributed by atoms with Crippen LogP contribution in [-0.4, -0.2) is 51.5 Å². The number of benzene rings is 1. The van der Waals surface area contributed by atoms with Crippen molar-refractivity contribution in [3.63, 3.8) is 0 Å². The van der Waals surface area contributed by atoms with Crippen molar-refractivity contribution in [2.24, 2.45) is 0 Å². The summed E-state index contributed by atoms with van der Waals surface area (Å²) in [5, 5.41) is 11.7. The zero-order valence-electron chi connectivity index (χ0n) is 11.4.